The summed E-state index contributed by atoms with van der Waals surface area (Å²) in [5.41, 5.74) is 3.04. The second kappa shape index (κ2) is 9.68. The van der Waals surface area contributed by atoms with Crippen molar-refractivity contribution in [2.24, 2.45) is 0 Å². The highest BCUT2D eigenvalue weighted by molar-refractivity contribution is 7.11. The first-order chi connectivity index (χ1) is 14.5. The van der Waals surface area contributed by atoms with E-state index in [0.717, 1.165) is 16.0 Å². The van der Waals surface area contributed by atoms with Gasteiger partial charge in [-0.15, -0.1) is 11.3 Å². The van der Waals surface area contributed by atoms with E-state index in [9.17, 15) is 9.59 Å². The molecule has 1 atom stereocenters. The van der Waals surface area contributed by atoms with E-state index in [1.54, 1.807) is 30.3 Å². The highest BCUT2D eigenvalue weighted by Crippen LogP contribution is 2.25. The van der Waals surface area contributed by atoms with Crippen molar-refractivity contribution in [1.29, 1.82) is 5.26 Å². The summed E-state index contributed by atoms with van der Waals surface area (Å²) in [6.07, 6.45) is 0.724. The molecule has 0 aliphatic heterocycles. The van der Waals surface area contributed by atoms with Gasteiger partial charge in [-0.1, -0.05) is 48.0 Å². The summed E-state index contributed by atoms with van der Waals surface area (Å²) < 4.78 is 5.45. The van der Waals surface area contributed by atoms with Gasteiger partial charge in [0.1, 0.15) is 6.07 Å². The summed E-state index contributed by atoms with van der Waals surface area (Å²) >= 11 is 1.42. The van der Waals surface area contributed by atoms with Crippen LogP contribution in [0, 0.1) is 18.3 Å². The number of para-hydroxylation sites is 1. The molecule has 0 fully saturated rings. The fraction of sp³-hybridized carbons (Fsp3) is 0.125. The lowest BCUT2D eigenvalue weighted by atomic mass is 10.1. The Balaban J connectivity index is 1.78. The van der Waals surface area contributed by atoms with Crippen molar-refractivity contribution in [3.05, 3.63) is 87.6 Å². The van der Waals surface area contributed by atoms with Crippen LogP contribution in [0.25, 0.3) is 11.6 Å². The molecule has 1 amide bonds. The third-order valence-corrected chi connectivity index (χ3v) is 5.22. The number of carbonyl (C=O) groups excluding carboxylic acids is 2. The average molecular weight is 417 g/mol. The van der Waals surface area contributed by atoms with Crippen molar-refractivity contribution in [3.63, 3.8) is 0 Å². The second-order valence-electron chi connectivity index (χ2n) is 6.64. The Morgan fingerprint density at radius 1 is 1.13 bits per heavy atom. The molecule has 1 aromatic heterocycles. The molecule has 6 heteroatoms. The summed E-state index contributed by atoms with van der Waals surface area (Å²) in [7, 11) is 0. The molecule has 0 bridgehead atoms. The van der Waals surface area contributed by atoms with E-state index in [4.69, 9.17) is 10.00 Å². The van der Waals surface area contributed by atoms with Gasteiger partial charge in [-0.3, -0.25) is 4.79 Å². The number of anilines is 1. The molecule has 0 radical (unpaired) electrons. The number of esters is 1. The number of benzene rings is 2. The lowest BCUT2D eigenvalue weighted by molar-refractivity contribution is -0.147. The molecule has 5 nitrogen and oxygen atoms in total. The third kappa shape index (κ3) is 5.22. The van der Waals surface area contributed by atoms with Gasteiger partial charge in [-0.05, 0) is 49.1 Å². The largest absolute Gasteiger partial charge is 0.449 e. The van der Waals surface area contributed by atoms with E-state index in [2.05, 4.69) is 5.32 Å². The van der Waals surface area contributed by atoms with E-state index in [1.165, 1.54) is 18.3 Å². The predicted molar refractivity (Wildman–Crippen MR) is 119 cm³/mol. The van der Waals surface area contributed by atoms with E-state index >= 15 is 0 Å². The molecule has 3 rings (SSSR count). The fourth-order valence-electron chi connectivity index (χ4n) is 2.79. The first kappa shape index (κ1) is 21.0. The molecular weight excluding hydrogens is 396 g/mol. The van der Waals surface area contributed by atoms with Crippen LogP contribution in [0.15, 0.2) is 66.0 Å². The maximum Gasteiger partial charge on any atom is 0.340 e. The smallest absolute Gasteiger partial charge is 0.340 e. The van der Waals surface area contributed by atoms with E-state index in [1.807, 2.05) is 54.8 Å². The van der Waals surface area contributed by atoms with Gasteiger partial charge in [-0.2, -0.15) is 5.26 Å². The summed E-state index contributed by atoms with van der Waals surface area (Å²) in [4.78, 5) is 26.2. The number of nitriles is 1. The second-order valence-corrected chi connectivity index (χ2v) is 7.59. The summed E-state index contributed by atoms with van der Waals surface area (Å²) in [6.45, 7) is 3.48. The Morgan fingerprint density at radius 3 is 2.63 bits per heavy atom. The molecule has 3 aromatic rings. The molecule has 30 heavy (non-hydrogen) atoms. The van der Waals surface area contributed by atoms with Crippen molar-refractivity contribution in [3.8, 4) is 6.07 Å². The number of carbonyl (C=O) groups is 2. The molecule has 0 spiro atoms. The molecule has 0 aliphatic rings. The quantitative estimate of drug-likeness (QED) is 0.451. The number of nitrogens with zero attached hydrogens (tertiary/aromatic N) is 1. The van der Waals surface area contributed by atoms with Crippen molar-refractivity contribution in [2.45, 2.75) is 20.0 Å². The van der Waals surface area contributed by atoms with Crippen LogP contribution in [0.1, 0.15) is 28.5 Å². The van der Waals surface area contributed by atoms with Crippen LogP contribution < -0.4 is 5.32 Å². The van der Waals surface area contributed by atoms with Crippen molar-refractivity contribution in [2.75, 3.05) is 5.32 Å². The van der Waals surface area contributed by atoms with Crippen LogP contribution in [0.2, 0.25) is 0 Å². The summed E-state index contributed by atoms with van der Waals surface area (Å²) in [5, 5.41) is 13.7. The highest BCUT2D eigenvalue weighted by atomic mass is 32.1. The standard InChI is InChI=1S/C24H20N2O3S/c1-16-7-5-8-18(13-16)14-20(22-11-6-12-30-22)24(28)29-17(2)23(27)26-21-10-4-3-9-19(21)15-25/h3-14,17H,1-2H3,(H,26,27)/b20-14+/t17-/m1/s1. The van der Waals surface area contributed by atoms with Gasteiger partial charge in [0.25, 0.3) is 5.91 Å². The molecule has 0 saturated heterocycles. The Bertz CT molecular complexity index is 1130. The highest BCUT2D eigenvalue weighted by Gasteiger charge is 2.22. The van der Waals surface area contributed by atoms with Crippen LogP contribution in [0.4, 0.5) is 5.69 Å². The minimum Gasteiger partial charge on any atom is -0.449 e. The van der Waals surface area contributed by atoms with Gasteiger partial charge >= 0.3 is 5.97 Å². The molecule has 0 saturated carbocycles. The Labute approximate surface area is 179 Å². The van der Waals surface area contributed by atoms with E-state index < -0.39 is 18.0 Å². The molecule has 1 heterocycles. The lowest BCUT2D eigenvalue weighted by Gasteiger charge is -2.15. The number of rotatable bonds is 6. The number of nitrogens with one attached hydrogen (secondary N) is 1. The zero-order valence-corrected chi connectivity index (χ0v) is 17.4. The van der Waals surface area contributed by atoms with Gasteiger partial charge in [0.15, 0.2) is 6.10 Å². The molecule has 0 aliphatic carbocycles. The van der Waals surface area contributed by atoms with Gasteiger partial charge in [0, 0.05) is 4.88 Å². The topological polar surface area (TPSA) is 79.2 Å². The van der Waals surface area contributed by atoms with Crippen molar-refractivity contribution < 1.29 is 14.3 Å². The summed E-state index contributed by atoms with van der Waals surface area (Å²) in [6, 6.07) is 20.1. The van der Waals surface area contributed by atoms with Crippen molar-refractivity contribution in [1.82, 2.24) is 0 Å². The Kier molecular flexibility index (Phi) is 6.79. The van der Waals surface area contributed by atoms with Crippen LogP contribution in [-0.4, -0.2) is 18.0 Å². The molecule has 2 aromatic carbocycles. The summed E-state index contributed by atoms with van der Waals surface area (Å²) in [5.74, 6) is -1.10. The van der Waals surface area contributed by atoms with E-state index in [-0.39, 0.29) is 0 Å². The normalized spacial score (nSPS) is 12.0. The zero-order chi connectivity index (χ0) is 21.5. The van der Waals surface area contributed by atoms with Gasteiger partial charge in [0.05, 0.1) is 16.8 Å². The molecular formula is C24H20N2O3S. The monoisotopic (exact) mass is 416 g/mol. The van der Waals surface area contributed by atoms with Gasteiger partial charge in [-0.25, -0.2) is 4.79 Å². The number of aryl methyl sites for hydroxylation is 1. The molecule has 0 unspecified atom stereocenters. The SMILES string of the molecule is Cc1cccc(/C=C(/C(=O)O[C@H](C)C(=O)Nc2ccccc2C#N)c2cccs2)c1. The van der Waals surface area contributed by atoms with Crippen molar-refractivity contribution >= 4 is 40.5 Å². The fourth-order valence-corrected chi connectivity index (χ4v) is 3.52. The average Bonchev–Trinajstić information content (AvgIpc) is 3.26. The number of hydrogen-bond acceptors (Lipinski definition) is 5. The van der Waals surface area contributed by atoms with Crippen LogP contribution in [-0.2, 0) is 14.3 Å². The minimum atomic E-state index is -1.04. The zero-order valence-electron chi connectivity index (χ0n) is 16.6. The van der Waals surface area contributed by atoms with Crippen LogP contribution >= 0.6 is 11.3 Å². The van der Waals surface area contributed by atoms with E-state index in [0.29, 0.717) is 16.8 Å². The maximum absolute atomic E-state index is 12.9. The Morgan fingerprint density at radius 2 is 1.93 bits per heavy atom. The number of thiophene rings is 1. The minimum absolute atomic E-state index is 0.336. The van der Waals surface area contributed by atoms with Gasteiger partial charge < -0.3 is 10.1 Å². The maximum atomic E-state index is 12.9. The third-order valence-electron chi connectivity index (χ3n) is 4.32. The van der Waals surface area contributed by atoms with Gasteiger partial charge in [0.2, 0.25) is 0 Å². The van der Waals surface area contributed by atoms with Crippen LogP contribution in [0.3, 0.4) is 0 Å². The molecule has 150 valence electrons. The number of ether oxygens (including phenoxy) is 1. The van der Waals surface area contributed by atoms with Crippen LogP contribution in [0.5, 0.6) is 0 Å². The predicted octanol–water partition coefficient (Wildman–Crippen LogP) is 5.04. The number of hydrogen-bond donors (Lipinski definition) is 1. The first-order valence-electron chi connectivity index (χ1n) is 9.31. The number of amides is 1. The lowest BCUT2D eigenvalue weighted by Crippen LogP contribution is -2.30. The molecule has 1 N–H and O–H groups in total. The Hall–Kier alpha value is -3.69. The first-order valence-corrected chi connectivity index (χ1v) is 10.2.